The molecule has 4 nitrogen and oxygen atoms in total. The SMILES string of the molecule is Clc1ccc2oc(CSc3ccccc3N3CCC=N3)nc2c1. The van der Waals surface area contributed by atoms with Gasteiger partial charge in [0.05, 0.1) is 11.4 Å². The maximum absolute atomic E-state index is 5.99. The maximum atomic E-state index is 5.99. The predicted octanol–water partition coefficient (Wildman–Crippen LogP) is 4.97. The second-order valence-electron chi connectivity index (χ2n) is 5.19. The molecule has 1 aliphatic rings. The molecule has 23 heavy (non-hydrogen) atoms. The number of nitrogens with zero attached hydrogens (tertiary/aromatic N) is 3. The average Bonchev–Trinajstić information content (AvgIpc) is 3.22. The number of benzene rings is 2. The molecular weight excluding hydrogens is 330 g/mol. The number of anilines is 1. The third-order valence-electron chi connectivity index (χ3n) is 3.58. The molecule has 0 spiro atoms. The summed E-state index contributed by atoms with van der Waals surface area (Å²) in [7, 11) is 0. The van der Waals surface area contributed by atoms with E-state index in [9.17, 15) is 0 Å². The molecule has 0 atom stereocenters. The van der Waals surface area contributed by atoms with E-state index >= 15 is 0 Å². The zero-order valence-corrected chi connectivity index (χ0v) is 13.8. The monoisotopic (exact) mass is 343 g/mol. The molecule has 0 aliphatic carbocycles. The van der Waals surface area contributed by atoms with E-state index in [4.69, 9.17) is 16.0 Å². The van der Waals surface area contributed by atoms with Crippen LogP contribution in [0, 0.1) is 0 Å². The molecule has 0 unspecified atom stereocenters. The molecule has 0 radical (unpaired) electrons. The normalized spacial score (nSPS) is 14.0. The summed E-state index contributed by atoms with van der Waals surface area (Å²) in [5.41, 5.74) is 2.69. The molecule has 1 aromatic heterocycles. The van der Waals surface area contributed by atoms with Crippen molar-refractivity contribution in [3.8, 4) is 0 Å². The van der Waals surface area contributed by atoms with Gasteiger partial charge in [0.15, 0.2) is 5.58 Å². The van der Waals surface area contributed by atoms with Crippen molar-refractivity contribution in [3.05, 3.63) is 53.4 Å². The Kier molecular flexibility index (Phi) is 3.97. The number of rotatable bonds is 4. The number of para-hydroxylation sites is 1. The number of hydrazone groups is 1. The predicted molar refractivity (Wildman–Crippen MR) is 95.5 cm³/mol. The van der Waals surface area contributed by atoms with Crippen LogP contribution in [0.1, 0.15) is 12.3 Å². The van der Waals surface area contributed by atoms with E-state index in [0.717, 1.165) is 29.8 Å². The number of oxazole rings is 1. The van der Waals surface area contributed by atoms with Gasteiger partial charge in [0.2, 0.25) is 5.89 Å². The number of hydrogen-bond acceptors (Lipinski definition) is 5. The Labute approximate surface area is 143 Å². The first-order valence-corrected chi connectivity index (χ1v) is 8.73. The van der Waals surface area contributed by atoms with Crippen molar-refractivity contribution >= 4 is 46.4 Å². The molecule has 0 fully saturated rings. The van der Waals surface area contributed by atoms with Gasteiger partial charge < -0.3 is 4.42 Å². The van der Waals surface area contributed by atoms with Crippen LogP contribution in [-0.4, -0.2) is 17.7 Å². The van der Waals surface area contributed by atoms with Crippen molar-refractivity contribution < 1.29 is 4.42 Å². The Morgan fingerprint density at radius 1 is 1.22 bits per heavy atom. The minimum Gasteiger partial charge on any atom is -0.440 e. The summed E-state index contributed by atoms with van der Waals surface area (Å²) in [6.07, 6.45) is 2.94. The molecule has 0 saturated carbocycles. The Bertz CT molecular complexity index is 877. The number of thioether (sulfide) groups is 1. The highest BCUT2D eigenvalue weighted by Crippen LogP contribution is 2.33. The van der Waals surface area contributed by atoms with Crippen LogP contribution < -0.4 is 5.01 Å². The highest BCUT2D eigenvalue weighted by Gasteiger charge is 2.14. The van der Waals surface area contributed by atoms with Crippen LogP contribution in [0.2, 0.25) is 5.02 Å². The molecule has 0 N–H and O–H groups in total. The van der Waals surface area contributed by atoms with Gasteiger partial charge in [-0.05, 0) is 30.3 Å². The summed E-state index contributed by atoms with van der Waals surface area (Å²) in [5.74, 6) is 1.37. The van der Waals surface area contributed by atoms with Gasteiger partial charge in [-0.2, -0.15) is 5.10 Å². The zero-order valence-electron chi connectivity index (χ0n) is 12.3. The molecule has 4 rings (SSSR count). The third-order valence-corrected chi connectivity index (χ3v) is 4.86. The first-order valence-electron chi connectivity index (χ1n) is 7.36. The minimum absolute atomic E-state index is 0.668. The van der Waals surface area contributed by atoms with Crippen molar-refractivity contribution in [2.75, 3.05) is 11.6 Å². The van der Waals surface area contributed by atoms with Crippen molar-refractivity contribution in [2.24, 2.45) is 5.10 Å². The molecule has 0 amide bonds. The van der Waals surface area contributed by atoms with Gasteiger partial charge in [0.1, 0.15) is 5.52 Å². The number of hydrogen-bond donors (Lipinski definition) is 0. The van der Waals surface area contributed by atoms with E-state index in [1.807, 2.05) is 41.6 Å². The number of halogens is 1. The Morgan fingerprint density at radius 3 is 3.00 bits per heavy atom. The number of aromatic nitrogens is 1. The minimum atomic E-state index is 0.668. The molecule has 3 aromatic rings. The van der Waals surface area contributed by atoms with E-state index in [1.54, 1.807) is 11.8 Å². The smallest absolute Gasteiger partial charge is 0.205 e. The van der Waals surface area contributed by atoms with Crippen LogP contribution in [0.5, 0.6) is 0 Å². The van der Waals surface area contributed by atoms with Crippen LogP contribution in [0.4, 0.5) is 5.69 Å². The Balaban J connectivity index is 1.55. The van der Waals surface area contributed by atoms with E-state index in [2.05, 4.69) is 22.2 Å². The topological polar surface area (TPSA) is 41.6 Å². The first-order chi connectivity index (χ1) is 11.3. The second kappa shape index (κ2) is 6.26. The van der Waals surface area contributed by atoms with E-state index in [-0.39, 0.29) is 0 Å². The molecule has 0 bridgehead atoms. The highest BCUT2D eigenvalue weighted by atomic mass is 35.5. The van der Waals surface area contributed by atoms with Crippen LogP contribution in [0.3, 0.4) is 0 Å². The van der Waals surface area contributed by atoms with Crippen molar-refractivity contribution in [1.82, 2.24) is 4.98 Å². The summed E-state index contributed by atoms with van der Waals surface area (Å²) in [6, 6.07) is 13.8. The van der Waals surface area contributed by atoms with Crippen molar-refractivity contribution in [3.63, 3.8) is 0 Å². The lowest BCUT2D eigenvalue weighted by Crippen LogP contribution is -2.12. The van der Waals surface area contributed by atoms with E-state index in [0.29, 0.717) is 16.7 Å². The van der Waals surface area contributed by atoms with Gasteiger partial charge in [-0.1, -0.05) is 23.7 Å². The number of fused-ring (bicyclic) bond motifs is 1. The summed E-state index contributed by atoms with van der Waals surface area (Å²) in [6.45, 7) is 0.930. The highest BCUT2D eigenvalue weighted by molar-refractivity contribution is 7.98. The molecule has 2 heterocycles. The van der Waals surface area contributed by atoms with Crippen molar-refractivity contribution in [2.45, 2.75) is 17.1 Å². The fraction of sp³-hybridized carbons (Fsp3) is 0.176. The van der Waals surface area contributed by atoms with Crippen LogP contribution in [0.15, 0.2) is 56.9 Å². The molecule has 1 aliphatic heterocycles. The summed E-state index contributed by atoms with van der Waals surface area (Å²) in [4.78, 5) is 5.67. The largest absolute Gasteiger partial charge is 0.440 e. The standard InChI is InChI=1S/C17H14ClN3OS/c18-12-6-7-15-13(10-12)20-17(22-15)11-23-16-5-2-1-4-14(16)21-9-3-8-19-21/h1-2,4-8,10H,3,9,11H2. The lowest BCUT2D eigenvalue weighted by Gasteiger charge is -2.17. The zero-order chi connectivity index (χ0) is 15.6. The molecule has 6 heteroatoms. The second-order valence-corrected chi connectivity index (χ2v) is 6.64. The fourth-order valence-electron chi connectivity index (χ4n) is 2.52. The van der Waals surface area contributed by atoms with Crippen molar-refractivity contribution in [1.29, 1.82) is 0 Å². The Morgan fingerprint density at radius 2 is 2.13 bits per heavy atom. The van der Waals surface area contributed by atoms with E-state index in [1.165, 1.54) is 4.90 Å². The quantitative estimate of drug-likeness (QED) is 0.627. The summed E-state index contributed by atoms with van der Waals surface area (Å²) < 4.78 is 5.78. The summed E-state index contributed by atoms with van der Waals surface area (Å²) >= 11 is 7.69. The fourth-order valence-corrected chi connectivity index (χ4v) is 3.58. The first kappa shape index (κ1) is 14.6. The van der Waals surface area contributed by atoms with E-state index < -0.39 is 0 Å². The van der Waals surface area contributed by atoms with Gasteiger partial charge in [0, 0.05) is 29.1 Å². The van der Waals surface area contributed by atoms with Gasteiger partial charge >= 0.3 is 0 Å². The molecule has 2 aromatic carbocycles. The lowest BCUT2D eigenvalue weighted by atomic mass is 10.3. The van der Waals surface area contributed by atoms with Gasteiger partial charge in [-0.3, -0.25) is 5.01 Å². The van der Waals surface area contributed by atoms with Gasteiger partial charge in [-0.15, -0.1) is 11.8 Å². The average molecular weight is 344 g/mol. The maximum Gasteiger partial charge on any atom is 0.205 e. The van der Waals surface area contributed by atoms with Gasteiger partial charge in [0.25, 0.3) is 0 Å². The van der Waals surface area contributed by atoms with Crippen LogP contribution in [0.25, 0.3) is 11.1 Å². The Hall–Kier alpha value is -1.98. The molecular formula is C17H14ClN3OS. The molecule has 0 saturated heterocycles. The summed E-state index contributed by atoms with van der Waals surface area (Å²) in [5, 5.41) is 7.11. The molecule has 116 valence electrons. The van der Waals surface area contributed by atoms with Gasteiger partial charge in [-0.25, -0.2) is 4.98 Å². The van der Waals surface area contributed by atoms with Crippen LogP contribution in [-0.2, 0) is 5.75 Å². The third kappa shape index (κ3) is 3.07. The van der Waals surface area contributed by atoms with Crippen LogP contribution >= 0.6 is 23.4 Å². The lowest BCUT2D eigenvalue weighted by molar-refractivity contribution is 0.556.